The van der Waals surface area contributed by atoms with Gasteiger partial charge in [0.05, 0.1) is 33.8 Å². The molecule has 0 bridgehead atoms. The molecule has 0 aliphatic heterocycles. The van der Waals surface area contributed by atoms with E-state index in [9.17, 15) is 9.59 Å². The summed E-state index contributed by atoms with van der Waals surface area (Å²) in [5.74, 6) is -0.537. The summed E-state index contributed by atoms with van der Waals surface area (Å²) in [5, 5.41) is 12.5. The van der Waals surface area contributed by atoms with Crippen LogP contribution >= 0.6 is 11.3 Å². The van der Waals surface area contributed by atoms with Crippen molar-refractivity contribution < 1.29 is 9.59 Å². The molecule has 0 unspecified atom stereocenters. The van der Waals surface area contributed by atoms with Gasteiger partial charge in [0.15, 0.2) is 5.65 Å². The summed E-state index contributed by atoms with van der Waals surface area (Å²) in [6.45, 7) is 5.52. The Labute approximate surface area is 155 Å². The summed E-state index contributed by atoms with van der Waals surface area (Å²) >= 11 is 1.55. The summed E-state index contributed by atoms with van der Waals surface area (Å²) in [6.07, 6.45) is 0. The Kier molecular flexibility index (Phi) is 5.03. The van der Waals surface area contributed by atoms with E-state index in [1.54, 1.807) is 29.1 Å². The predicted octanol–water partition coefficient (Wildman–Crippen LogP) is 2.26. The Bertz CT molecular complexity index is 960. The van der Waals surface area contributed by atoms with Gasteiger partial charge in [-0.15, -0.1) is 11.3 Å². The van der Waals surface area contributed by atoms with Crippen LogP contribution in [0.3, 0.4) is 0 Å². The maximum Gasteiger partial charge on any atom is 0.252 e. The van der Waals surface area contributed by atoms with E-state index in [-0.39, 0.29) is 24.4 Å². The van der Waals surface area contributed by atoms with E-state index in [0.717, 1.165) is 10.6 Å². The zero-order chi connectivity index (χ0) is 18.8. The van der Waals surface area contributed by atoms with Crippen LogP contribution in [0.2, 0.25) is 0 Å². The number of hydrogen-bond acceptors (Lipinski definition) is 5. The van der Waals surface area contributed by atoms with E-state index >= 15 is 0 Å². The number of aryl methyl sites for hydroxylation is 2. The molecule has 0 fully saturated rings. The molecule has 0 aromatic carbocycles. The third kappa shape index (κ3) is 3.60. The first-order valence-corrected chi connectivity index (χ1v) is 9.20. The molecule has 26 heavy (non-hydrogen) atoms. The van der Waals surface area contributed by atoms with Crippen LogP contribution in [0, 0.1) is 6.92 Å². The maximum atomic E-state index is 12.8. The zero-order valence-corrected chi connectivity index (χ0v) is 16.0. The lowest BCUT2D eigenvalue weighted by Crippen LogP contribution is -2.39. The molecule has 8 heteroatoms. The smallest absolute Gasteiger partial charge is 0.252 e. The van der Waals surface area contributed by atoms with Gasteiger partial charge in [0, 0.05) is 13.1 Å². The van der Waals surface area contributed by atoms with Crippen LogP contribution in [0.15, 0.2) is 23.6 Å². The van der Waals surface area contributed by atoms with Crippen LogP contribution in [0.5, 0.6) is 0 Å². The molecule has 3 aromatic heterocycles. The van der Waals surface area contributed by atoms with Crippen molar-refractivity contribution in [3.05, 3.63) is 34.8 Å². The molecule has 7 nitrogen and oxygen atoms in total. The highest BCUT2D eigenvalue weighted by molar-refractivity contribution is 7.13. The number of thiophene rings is 1. The van der Waals surface area contributed by atoms with E-state index in [1.807, 2.05) is 38.3 Å². The van der Waals surface area contributed by atoms with Crippen molar-refractivity contribution >= 4 is 34.2 Å². The lowest BCUT2D eigenvalue weighted by atomic mass is 10.1. The minimum absolute atomic E-state index is 0.0260. The van der Waals surface area contributed by atoms with Gasteiger partial charge >= 0.3 is 0 Å². The number of rotatable bonds is 5. The highest BCUT2D eigenvalue weighted by Crippen LogP contribution is 2.29. The number of fused-ring (bicyclic) bond motifs is 1. The zero-order valence-electron chi connectivity index (χ0n) is 15.2. The second-order valence-electron chi connectivity index (χ2n) is 6.34. The minimum Gasteiger partial charge on any atom is -0.352 e. The van der Waals surface area contributed by atoms with E-state index in [2.05, 4.69) is 20.7 Å². The fourth-order valence-electron chi connectivity index (χ4n) is 2.80. The second-order valence-corrected chi connectivity index (χ2v) is 7.29. The topological polar surface area (TPSA) is 88.9 Å². The van der Waals surface area contributed by atoms with Crippen molar-refractivity contribution in [2.45, 2.75) is 26.8 Å². The highest BCUT2D eigenvalue weighted by Gasteiger charge is 2.20. The maximum absolute atomic E-state index is 12.8. The first-order valence-electron chi connectivity index (χ1n) is 8.32. The standard InChI is InChI=1S/C18H21N5O2S/c1-10(2)20-15(24)9-19-18(25)12-8-13(14-6-5-7-26-14)21-17-16(12)11(3)22-23(17)4/h5-8,10H,9H2,1-4H3,(H,19,25)(H,20,24). The summed E-state index contributed by atoms with van der Waals surface area (Å²) in [7, 11) is 1.80. The molecule has 3 heterocycles. The molecule has 2 N–H and O–H groups in total. The quantitative estimate of drug-likeness (QED) is 0.720. The number of aromatic nitrogens is 3. The largest absolute Gasteiger partial charge is 0.352 e. The summed E-state index contributed by atoms with van der Waals surface area (Å²) in [5.41, 5.74) is 2.56. The predicted molar refractivity (Wildman–Crippen MR) is 102 cm³/mol. The van der Waals surface area contributed by atoms with Gasteiger partial charge in [-0.05, 0) is 38.3 Å². The number of nitrogens with zero attached hydrogens (tertiary/aromatic N) is 3. The molecule has 0 aliphatic carbocycles. The highest BCUT2D eigenvalue weighted by atomic mass is 32.1. The molecule has 0 saturated heterocycles. The molecule has 0 spiro atoms. The first-order chi connectivity index (χ1) is 12.4. The van der Waals surface area contributed by atoms with Gasteiger partial charge in [-0.3, -0.25) is 14.3 Å². The van der Waals surface area contributed by atoms with Gasteiger partial charge in [0.2, 0.25) is 5.91 Å². The van der Waals surface area contributed by atoms with Crippen molar-refractivity contribution in [3.8, 4) is 10.6 Å². The summed E-state index contributed by atoms with van der Waals surface area (Å²) in [6, 6.07) is 5.69. The van der Waals surface area contributed by atoms with Crippen LogP contribution in [0.1, 0.15) is 29.9 Å². The van der Waals surface area contributed by atoms with E-state index in [0.29, 0.717) is 22.3 Å². The van der Waals surface area contributed by atoms with Crippen LogP contribution in [-0.2, 0) is 11.8 Å². The molecule has 0 aliphatic rings. The number of amides is 2. The SMILES string of the molecule is Cc1nn(C)c2nc(-c3cccs3)cc(C(=O)NCC(=O)NC(C)C)c12. The fourth-order valence-corrected chi connectivity index (χ4v) is 3.49. The van der Waals surface area contributed by atoms with E-state index in [1.165, 1.54) is 0 Å². The second kappa shape index (κ2) is 7.25. The molecule has 0 atom stereocenters. The van der Waals surface area contributed by atoms with Gasteiger partial charge in [0.25, 0.3) is 5.91 Å². The third-order valence-corrected chi connectivity index (χ3v) is 4.74. The van der Waals surface area contributed by atoms with Crippen LogP contribution in [-0.4, -0.2) is 39.2 Å². The number of carbonyl (C=O) groups is 2. The number of pyridine rings is 1. The number of carbonyl (C=O) groups excluding carboxylic acids is 2. The Balaban J connectivity index is 1.98. The summed E-state index contributed by atoms with van der Waals surface area (Å²) in [4.78, 5) is 30.2. The third-order valence-electron chi connectivity index (χ3n) is 3.85. The fraction of sp³-hybridized carbons (Fsp3) is 0.333. The first kappa shape index (κ1) is 18.1. The summed E-state index contributed by atoms with van der Waals surface area (Å²) < 4.78 is 1.67. The monoisotopic (exact) mass is 371 g/mol. The van der Waals surface area contributed by atoms with Crippen LogP contribution < -0.4 is 10.6 Å². The average molecular weight is 371 g/mol. The van der Waals surface area contributed by atoms with Gasteiger partial charge < -0.3 is 10.6 Å². The van der Waals surface area contributed by atoms with Gasteiger partial charge in [-0.2, -0.15) is 5.10 Å². The number of nitrogens with one attached hydrogen (secondary N) is 2. The van der Waals surface area contributed by atoms with E-state index in [4.69, 9.17) is 0 Å². The Morgan fingerprint density at radius 2 is 2.12 bits per heavy atom. The van der Waals surface area contributed by atoms with Crippen LogP contribution in [0.4, 0.5) is 0 Å². The minimum atomic E-state index is -0.315. The van der Waals surface area contributed by atoms with Crippen molar-refractivity contribution in [2.75, 3.05) is 6.54 Å². The van der Waals surface area contributed by atoms with Crippen molar-refractivity contribution in [1.82, 2.24) is 25.4 Å². The molecule has 3 rings (SSSR count). The lowest BCUT2D eigenvalue weighted by molar-refractivity contribution is -0.120. The average Bonchev–Trinajstić information content (AvgIpc) is 3.20. The van der Waals surface area contributed by atoms with Gasteiger partial charge in [0.1, 0.15) is 0 Å². The Morgan fingerprint density at radius 3 is 2.77 bits per heavy atom. The molecule has 3 aromatic rings. The lowest BCUT2D eigenvalue weighted by Gasteiger charge is -2.10. The van der Waals surface area contributed by atoms with Crippen LogP contribution in [0.25, 0.3) is 21.6 Å². The van der Waals surface area contributed by atoms with Gasteiger partial charge in [-0.25, -0.2) is 4.98 Å². The number of hydrogen-bond donors (Lipinski definition) is 2. The van der Waals surface area contributed by atoms with E-state index < -0.39 is 0 Å². The normalized spacial score (nSPS) is 11.1. The molecule has 136 valence electrons. The Morgan fingerprint density at radius 1 is 1.35 bits per heavy atom. The van der Waals surface area contributed by atoms with Crippen molar-refractivity contribution in [2.24, 2.45) is 7.05 Å². The molecule has 0 radical (unpaired) electrons. The Hall–Kier alpha value is -2.74. The molecular weight excluding hydrogens is 350 g/mol. The molecule has 2 amide bonds. The van der Waals surface area contributed by atoms with Gasteiger partial charge in [-0.1, -0.05) is 6.07 Å². The molecular formula is C18H21N5O2S. The molecule has 0 saturated carbocycles. The van der Waals surface area contributed by atoms with Crippen molar-refractivity contribution in [1.29, 1.82) is 0 Å². The van der Waals surface area contributed by atoms with Crippen molar-refractivity contribution in [3.63, 3.8) is 0 Å².